The maximum atomic E-state index is 13.5. The summed E-state index contributed by atoms with van der Waals surface area (Å²) >= 11 is 1.40. The van der Waals surface area contributed by atoms with Gasteiger partial charge in [-0.25, -0.2) is 9.79 Å². The van der Waals surface area contributed by atoms with E-state index in [0.29, 0.717) is 35.1 Å². The number of amides is 1. The molecule has 0 spiro atoms. The lowest BCUT2D eigenvalue weighted by Gasteiger charge is -2.37. The fourth-order valence-corrected chi connectivity index (χ4v) is 5.81. The molecule has 0 saturated carbocycles. The van der Waals surface area contributed by atoms with Gasteiger partial charge in [0.2, 0.25) is 5.91 Å². The van der Waals surface area contributed by atoms with E-state index in [1.165, 1.54) is 23.9 Å². The van der Waals surface area contributed by atoms with Gasteiger partial charge in [-0.15, -0.1) is 0 Å². The fraction of sp³-hybridized carbons (Fsp3) is 0.321. The Morgan fingerprint density at radius 1 is 1.08 bits per heavy atom. The molecule has 0 N–H and O–H groups in total. The lowest BCUT2D eigenvalue weighted by atomic mass is 9.93. The van der Waals surface area contributed by atoms with E-state index in [9.17, 15) is 19.7 Å². The largest absolute Gasteiger partial charge is 0.457 e. The zero-order chi connectivity index (χ0) is 27.5. The van der Waals surface area contributed by atoms with Crippen molar-refractivity contribution >= 4 is 34.5 Å². The minimum Gasteiger partial charge on any atom is -0.457 e. The van der Waals surface area contributed by atoms with Crippen LogP contribution in [0.25, 0.3) is 0 Å². The number of amidine groups is 1. The minimum absolute atomic E-state index is 0.0122. The van der Waals surface area contributed by atoms with Crippen LogP contribution in [0.2, 0.25) is 0 Å². The summed E-state index contributed by atoms with van der Waals surface area (Å²) < 4.78 is 5.71. The Kier molecular flexibility index (Phi) is 7.80. The molecule has 0 radical (unpaired) electrons. The van der Waals surface area contributed by atoms with Crippen molar-refractivity contribution in [3.05, 3.63) is 98.2 Å². The summed E-state index contributed by atoms with van der Waals surface area (Å²) in [6.45, 7) is 4.83. The summed E-state index contributed by atoms with van der Waals surface area (Å²) in [5.74, 6) is -0.512. The van der Waals surface area contributed by atoms with Gasteiger partial charge in [-0.05, 0) is 42.6 Å². The number of hydrogen-bond acceptors (Lipinski definition) is 9. The number of nitro benzene ring substituents is 1. The molecule has 2 aromatic rings. The van der Waals surface area contributed by atoms with Crippen LogP contribution in [0, 0.1) is 10.1 Å². The van der Waals surface area contributed by atoms with Gasteiger partial charge in [0.05, 0.1) is 28.7 Å². The first kappa shape index (κ1) is 26.6. The average molecular weight is 548 g/mol. The molecule has 1 fully saturated rings. The Morgan fingerprint density at radius 2 is 1.77 bits per heavy atom. The monoisotopic (exact) mass is 547 g/mol. The summed E-state index contributed by atoms with van der Waals surface area (Å²) in [6, 6.07) is 14.9. The molecule has 1 amide bonds. The van der Waals surface area contributed by atoms with Crippen LogP contribution in [0.4, 0.5) is 5.69 Å². The standard InChI is InChI=1S/C28H29N5O5S/c1-19-25(27(35)38-17-20-6-4-3-5-7-20)26(21-8-10-22(11-9-21)33(36)37)32-23(18-39-28(32)29-19)16-24(34)31-14-12-30(2)13-15-31/h3-11,18,26H,12-17H2,1-2H3/t26-/m0/s1. The second-order valence-corrected chi connectivity index (χ2v) is 10.5. The number of piperazine rings is 1. The number of benzene rings is 2. The molecule has 0 aliphatic carbocycles. The third-order valence-corrected chi connectivity index (χ3v) is 7.93. The lowest BCUT2D eigenvalue weighted by Crippen LogP contribution is -2.47. The highest BCUT2D eigenvalue weighted by atomic mass is 32.2. The molecular formula is C28H29N5O5S. The minimum atomic E-state index is -0.650. The number of nitro groups is 1. The van der Waals surface area contributed by atoms with Crippen LogP contribution in [0.3, 0.4) is 0 Å². The Bertz CT molecular complexity index is 1360. The van der Waals surface area contributed by atoms with Crippen LogP contribution in [-0.2, 0) is 20.9 Å². The second-order valence-electron chi connectivity index (χ2n) is 9.66. The van der Waals surface area contributed by atoms with Crippen molar-refractivity contribution in [2.45, 2.75) is 26.0 Å². The number of aliphatic imine (C=N–C) groups is 1. The van der Waals surface area contributed by atoms with E-state index in [-0.39, 0.29) is 24.6 Å². The van der Waals surface area contributed by atoms with E-state index in [2.05, 4.69) is 4.90 Å². The van der Waals surface area contributed by atoms with Gasteiger partial charge < -0.3 is 19.4 Å². The molecule has 0 aromatic heterocycles. The molecule has 3 aliphatic rings. The number of nitrogens with zero attached hydrogens (tertiary/aromatic N) is 5. The fourth-order valence-electron chi connectivity index (χ4n) is 4.85. The molecule has 202 valence electrons. The van der Waals surface area contributed by atoms with Crippen molar-refractivity contribution in [3.8, 4) is 0 Å². The molecule has 10 nitrogen and oxygen atoms in total. The van der Waals surface area contributed by atoms with Gasteiger partial charge in [-0.1, -0.05) is 42.1 Å². The number of non-ortho nitro benzene ring substituents is 1. The number of carbonyl (C=O) groups is 2. The van der Waals surface area contributed by atoms with Crippen LogP contribution in [0.1, 0.15) is 30.5 Å². The van der Waals surface area contributed by atoms with Crippen molar-refractivity contribution < 1.29 is 19.2 Å². The highest BCUT2D eigenvalue weighted by Gasteiger charge is 2.41. The zero-order valence-electron chi connectivity index (χ0n) is 21.8. The van der Waals surface area contributed by atoms with E-state index >= 15 is 0 Å². The van der Waals surface area contributed by atoms with Crippen LogP contribution in [-0.4, -0.2) is 69.9 Å². The number of fused-ring (bicyclic) bond motifs is 1. The predicted octanol–water partition coefficient (Wildman–Crippen LogP) is 4.08. The van der Waals surface area contributed by atoms with E-state index in [1.807, 2.05) is 52.6 Å². The number of likely N-dealkylation sites (N-methyl/N-ethyl adjacent to an activating group) is 1. The molecule has 39 heavy (non-hydrogen) atoms. The number of rotatable bonds is 7. The molecule has 0 bridgehead atoms. The highest BCUT2D eigenvalue weighted by molar-refractivity contribution is 8.16. The van der Waals surface area contributed by atoms with Crippen molar-refractivity contribution in [1.82, 2.24) is 14.7 Å². The smallest absolute Gasteiger partial charge is 0.338 e. The summed E-state index contributed by atoms with van der Waals surface area (Å²) in [5.41, 5.74) is 3.05. The Hall–Kier alpha value is -3.96. The van der Waals surface area contributed by atoms with E-state index in [1.54, 1.807) is 19.1 Å². The average Bonchev–Trinajstić information content (AvgIpc) is 3.33. The van der Waals surface area contributed by atoms with E-state index in [4.69, 9.17) is 9.73 Å². The Labute approximate surface area is 230 Å². The molecule has 1 saturated heterocycles. The van der Waals surface area contributed by atoms with Gasteiger partial charge in [0.25, 0.3) is 5.69 Å². The summed E-state index contributed by atoms with van der Waals surface area (Å²) in [5, 5.41) is 13.8. The van der Waals surface area contributed by atoms with Gasteiger partial charge in [0.15, 0.2) is 5.17 Å². The molecule has 0 unspecified atom stereocenters. The maximum Gasteiger partial charge on any atom is 0.338 e. The molecule has 11 heteroatoms. The third-order valence-electron chi connectivity index (χ3n) is 7.04. The van der Waals surface area contributed by atoms with Gasteiger partial charge in [-0.2, -0.15) is 0 Å². The van der Waals surface area contributed by atoms with E-state index < -0.39 is 16.9 Å². The quantitative estimate of drug-likeness (QED) is 0.290. The number of ether oxygens (including phenoxy) is 1. The van der Waals surface area contributed by atoms with Gasteiger partial charge in [0, 0.05) is 44.0 Å². The van der Waals surface area contributed by atoms with Crippen LogP contribution in [0.15, 0.2) is 82.0 Å². The van der Waals surface area contributed by atoms with Crippen molar-refractivity contribution in [3.63, 3.8) is 0 Å². The van der Waals surface area contributed by atoms with Crippen molar-refractivity contribution in [1.29, 1.82) is 0 Å². The summed E-state index contributed by atoms with van der Waals surface area (Å²) in [4.78, 5) is 48.3. The third kappa shape index (κ3) is 5.74. The SMILES string of the molecule is CC1=C(C(=O)OCc2ccccc2)[C@H](c2ccc([N+](=O)[O-])cc2)N2C(CC(=O)N3CCN(C)CC3)=CSC2=N1. The topological polar surface area (TPSA) is 109 Å². The highest BCUT2D eigenvalue weighted by Crippen LogP contribution is 2.45. The number of thioether (sulfide) groups is 1. The second kappa shape index (κ2) is 11.4. The number of allylic oxidation sites excluding steroid dienone is 1. The van der Waals surface area contributed by atoms with Gasteiger partial charge in [-0.3, -0.25) is 14.9 Å². The molecule has 3 aliphatic heterocycles. The first-order valence-corrected chi connectivity index (χ1v) is 13.6. The first-order valence-electron chi connectivity index (χ1n) is 12.7. The predicted molar refractivity (Wildman–Crippen MR) is 148 cm³/mol. The molecule has 2 aromatic carbocycles. The normalized spacial score (nSPS) is 19.4. The molecule has 1 atom stereocenters. The van der Waals surface area contributed by atoms with E-state index in [0.717, 1.165) is 24.4 Å². The Balaban J connectivity index is 1.45. The van der Waals surface area contributed by atoms with Crippen LogP contribution < -0.4 is 0 Å². The molecule has 5 rings (SSSR count). The zero-order valence-corrected chi connectivity index (χ0v) is 22.6. The summed E-state index contributed by atoms with van der Waals surface area (Å²) in [6.07, 6.45) is 0.157. The summed E-state index contributed by atoms with van der Waals surface area (Å²) in [7, 11) is 2.04. The molecule has 3 heterocycles. The van der Waals surface area contributed by atoms with Crippen molar-refractivity contribution in [2.24, 2.45) is 4.99 Å². The first-order chi connectivity index (χ1) is 18.8. The Morgan fingerprint density at radius 3 is 2.44 bits per heavy atom. The van der Waals surface area contributed by atoms with Crippen molar-refractivity contribution in [2.75, 3.05) is 33.2 Å². The molecular weight excluding hydrogens is 518 g/mol. The van der Waals surface area contributed by atoms with Crippen LogP contribution >= 0.6 is 11.8 Å². The number of esters is 1. The van der Waals surface area contributed by atoms with Gasteiger partial charge in [0.1, 0.15) is 6.61 Å². The van der Waals surface area contributed by atoms with Crippen LogP contribution in [0.5, 0.6) is 0 Å². The van der Waals surface area contributed by atoms with Gasteiger partial charge >= 0.3 is 5.97 Å². The number of hydrogen-bond donors (Lipinski definition) is 0. The maximum absolute atomic E-state index is 13.5. The lowest BCUT2D eigenvalue weighted by molar-refractivity contribution is -0.384. The number of carbonyl (C=O) groups excluding carboxylic acids is 2.